The Labute approximate surface area is 148 Å². The summed E-state index contributed by atoms with van der Waals surface area (Å²) in [5.41, 5.74) is 0.974. The lowest BCUT2D eigenvalue weighted by Gasteiger charge is -2.26. The Bertz CT molecular complexity index is 631. The van der Waals surface area contributed by atoms with E-state index in [2.05, 4.69) is 15.0 Å². The maximum Gasteiger partial charge on any atom is 0.241 e. The smallest absolute Gasteiger partial charge is 0.241 e. The summed E-state index contributed by atoms with van der Waals surface area (Å²) in [7, 11) is 0. The third-order valence-electron chi connectivity index (χ3n) is 4.83. The van der Waals surface area contributed by atoms with Crippen molar-refractivity contribution < 1.29 is 14.0 Å². The lowest BCUT2D eigenvalue weighted by atomic mass is 10.2. The zero-order valence-electron chi connectivity index (χ0n) is 14.5. The van der Waals surface area contributed by atoms with Gasteiger partial charge in [-0.3, -0.25) is 4.90 Å². The predicted octanol–water partition coefficient (Wildman–Crippen LogP) is 2.90. The molecule has 2 aliphatic rings. The molecule has 2 aliphatic heterocycles. The molecule has 25 heavy (non-hydrogen) atoms. The van der Waals surface area contributed by atoms with Crippen LogP contribution in [0.3, 0.4) is 0 Å². The van der Waals surface area contributed by atoms with Gasteiger partial charge in [-0.05, 0) is 25.7 Å². The molecule has 2 aromatic rings. The number of nitrogens with zero attached hydrogens (tertiary/aromatic N) is 3. The minimum absolute atomic E-state index is 0.304. The van der Waals surface area contributed by atoms with Gasteiger partial charge in [-0.15, -0.1) is 0 Å². The average Bonchev–Trinajstić information content (AvgIpc) is 3.38. The fourth-order valence-corrected chi connectivity index (χ4v) is 3.57. The molecule has 0 spiro atoms. The minimum atomic E-state index is 0.304. The number of benzene rings is 1. The SMILES string of the molecule is c1ccc(-c2noc(CN(CC3CCCO3)CC3CCCO3)n2)cc1. The molecular formula is C19H25N3O3. The van der Waals surface area contributed by atoms with Crippen LogP contribution in [0.5, 0.6) is 0 Å². The maximum absolute atomic E-state index is 5.81. The minimum Gasteiger partial charge on any atom is -0.377 e. The number of hydrogen-bond donors (Lipinski definition) is 0. The molecule has 6 nitrogen and oxygen atoms in total. The monoisotopic (exact) mass is 343 g/mol. The van der Waals surface area contributed by atoms with Crippen LogP contribution in [0.2, 0.25) is 0 Å². The Hall–Kier alpha value is -1.76. The first-order valence-corrected chi connectivity index (χ1v) is 9.20. The van der Waals surface area contributed by atoms with Crippen LogP contribution in [0.4, 0.5) is 0 Å². The summed E-state index contributed by atoms with van der Waals surface area (Å²) in [4.78, 5) is 6.91. The van der Waals surface area contributed by atoms with E-state index < -0.39 is 0 Å². The Morgan fingerprint density at radius 2 is 1.64 bits per heavy atom. The largest absolute Gasteiger partial charge is 0.377 e. The second-order valence-electron chi connectivity index (χ2n) is 6.84. The van der Waals surface area contributed by atoms with E-state index in [1.54, 1.807) is 0 Å². The van der Waals surface area contributed by atoms with E-state index in [0.717, 1.165) is 57.6 Å². The summed E-state index contributed by atoms with van der Waals surface area (Å²) < 4.78 is 17.1. The molecule has 0 saturated carbocycles. The van der Waals surface area contributed by atoms with Crippen molar-refractivity contribution in [2.75, 3.05) is 26.3 Å². The highest BCUT2D eigenvalue weighted by Crippen LogP contribution is 2.20. The molecule has 1 aromatic heterocycles. The molecular weight excluding hydrogens is 318 g/mol. The first-order valence-electron chi connectivity index (χ1n) is 9.20. The summed E-state index contributed by atoms with van der Waals surface area (Å²) in [5.74, 6) is 1.29. The third-order valence-corrected chi connectivity index (χ3v) is 4.83. The van der Waals surface area contributed by atoms with Crippen molar-refractivity contribution in [2.24, 2.45) is 0 Å². The van der Waals surface area contributed by atoms with Gasteiger partial charge in [-0.2, -0.15) is 4.98 Å². The molecule has 134 valence electrons. The number of ether oxygens (including phenoxy) is 2. The van der Waals surface area contributed by atoms with Crippen LogP contribution in [0.15, 0.2) is 34.9 Å². The number of rotatable bonds is 7. The molecule has 0 radical (unpaired) electrons. The van der Waals surface area contributed by atoms with E-state index >= 15 is 0 Å². The molecule has 0 amide bonds. The van der Waals surface area contributed by atoms with Crippen LogP contribution >= 0.6 is 0 Å². The standard InChI is InChI=1S/C19H25N3O3/c1-2-6-15(7-3-1)19-20-18(25-21-19)14-22(12-16-8-4-10-23-16)13-17-9-5-11-24-17/h1-3,6-7,16-17H,4-5,8-14H2. The maximum atomic E-state index is 5.81. The van der Waals surface area contributed by atoms with Crippen LogP contribution < -0.4 is 0 Å². The van der Waals surface area contributed by atoms with E-state index in [1.807, 2.05) is 30.3 Å². The van der Waals surface area contributed by atoms with Crippen LogP contribution in [-0.4, -0.2) is 53.6 Å². The first kappa shape index (κ1) is 16.7. The highest BCUT2D eigenvalue weighted by atomic mass is 16.5. The van der Waals surface area contributed by atoms with Gasteiger partial charge in [0.1, 0.15) is 0 Å². The van der Waals surface area contributed by atoms with Crippen molar-refractivity contribution in [3.63, 3.8) is 0 Å². The van der Waals surface area contributed by atoms with Gasteiger partial charge in [0.15, 0.2) is 0 Å². The topological polar surface area (TPSA) is 60.6 Å². The van der Waals surface area contributed by atoms with Crippen molar-refractivity contribution in [3.05, 3.63) is 36.2 Å². The molecule has 1 aromatic carbocycles. The number of hydrogen-bond acceptors (Lipinski definition) is 6. The van der Waals surface area contributed by atoms with Crippen molar-refractivity contribution in [1.29, 1.82) is 0 Å². The molecule has 3 heterocycles. The number of aromatic nitrogens is 2. The Balaban J connectivity index is 1.42. The van der Waals surface area contributed by atoms with Crippen LogP contribution in [0.25, 0.3) is 11.4 Å². The van der Waals surface area contributed by atoms with Gasteiger partial charge in [0.25, 0.3) is 0 Å². The molecule has 2 fully saturated rings. The molecule has 2 unspecified atom stereocenters. The van der Waals surface area contributed by atoms with E-state index in [9.17, 15) is 0 Å². The summed E-state index contributed by atoms with van der Waals surface area (Å²) in [5, 5.41) is 4.13. The van der Waals surface area contributed by atoms with Gasteiger partial charge >= 0.3 is 0 Å². The quantitative estimate of drug-likeness (QED) is 0.770. The Kier molecular flexibility index (Phi) is 5.40. The summed E-state index contributed by atoms with van der Waals surface area (Å²) in [6.45, 7) is 4.17. The van der Waals surface area contributed by atoms with Crippen LogP contribution in [0, 0.1) is 0 Å². The molecule has 6 heteroatoms. The second-order valence-corrected chi connectivity index (χ2v) is 6.84. The van der Waals surface area contributed by atoms with Crippen LogP contribution in [-0.2, 0) is 16.0 Å². The van der Waals surface area contributed by atoms with E-state index in [1.165, 1.54) is 0 Å². The van der Waals surface area contributed by atoms with Crippen molar-refractivity contribution >= 4 is 0 Å². The van der Waals surface area contributed by atoms with Gasteiger partial charge in [0.2, 0.25) is 11.7 Å². The molecule has 4 rings (SSSR count). The highest BCUT2D eigenvalue weighted by Gasteiger charge is 2.25. The molecule has 0 bridgehead atoms. The van der Waals surface area contributed by atoms with Gasteiger partial charge < -0.3 is 14.0 Å². The molecule has 0 aliphatic carbocycles. The molecule has 2 saturated heterocycles. The fraction of sp³-hybridized carbons (Fsp3) is 0.579. The Morgan fingerprint density at radius 3 is 2.24 bits per heavy atom. The summed E-state index contributed by atoms with van der Waals surface area (Å²) in [6.07, 6.45) is 5.16. The first-order chi connectivity index (χ1) is 12.4. The average molecular weight is 343 g/mol. The van der Waals surface area contributed by atoms with Gasteiger partial charge in [0.05, 0.1) is 18.8 Å². The summed E-state index contributed by atoms with van der Waals surface area (Å²) in [6, 6.07) is 9.92. The lowest BCUT2D eigenvalue weighted by Crippen LogP contribution is -2.37. The molecule has 0 N–H and O–H groups in total. The van der Waals surface area contributed by atoms with E-state index in [0.29, 0.717) is 30.5 Å². The van der Waals surface area contributed by atoms with Crippen molar-refractivity contribution in [3.8, 4) is 11.4 Å². The van der Waals surface area contributed by atoms with Gasteiger partial charge in [-0.1, -0.05) is 35.5 Å². The highest BCUT2D eigenvalue weighted by molar-refractivity contribution is 5.53. The van der Waals surface area contributed by atoms with E-state index in [4.69, 9.17) is 14.0 Å². The third kappa shape index (κ3) is 4.45. The van der Waals surface area contributed by atoms with E-state index in [-0.39, 0.29) is 0 Å². The second kappa shape index (κ2) is 8.08. The fourth-order valence-electron chi connectivity index (χ4n) is 3.57. The Morgan fingerprint density at radius 1 is 0.960 bits per heavy atom. The lowest BCUT2D eigenvalue weighted by molar-refractivity contribution is 0.0309. The molecule has 2 atom stereocenters. The van der Waals surface area contributed by atoms with Crippen molar-refractivity contribution in [2.45, 2.75) is 44.4 Å². The zero-order chi connectivity index (χ0) is 16.9. The van der Waals surface area contributed by atoms with Gasteiger partial charge in [-0.25, -0.2) is 0 Å². The van der Waals surface area contributed by atoms with Crippen molar-refractivity contribution in [1.82, 2.24) is 15.0 Å². The predicted molar refractivity (Wildman–Crippen MR) is 93.0 cm³/mol. The van der Waals surface area contributed by atoms with Crippen LogP contribution in [0.1, 0.15) is 31.6 Å². The normalized spacial score (nSPS) is 23.6. The van der Waals surface area contributed by atoms with Gasteiger partial charge in [0, 0.05) is 31.9 Å². The summed E-state index contributed by atoms with van der Waals surface area (Å²) >= 11 is 0. The zero-order valence-corrected chi connectivity index (χ0v) is 14.5.